The Balaban J connectivity index is 1.42. The first-order valence-electron chi connectivity index (χ1n) is 12.3. The second-order valence-electron chi connectivity index (χ2n) is 11.0. The molecule has 0 aliphatic carbocycles. The molecule has 0 saturated carbocycles. The third-order valence-electron chi connectivity index (χ3n) is 7.87. The Labute approximate surface area is 195 Å². The molecule has 1 amide bonds. The number of nitrogens with one attached hydrogen (secondary N) is 1. The monoisotopic (exact) mass is 449 g/mol. The highest BCUT2D eigenvalue weighted by Gasteiger charge is 2.46. The summed E-state index contributed by atoms with van der Waals surface area (Å²) in [6.07, 6.45) is 6.42. The van der Waals surface area contributed by atoms with Crippen molar-refractivity contribution in [3.05, 3.63) is 63.3 Å². The van der Waals surface area contributed by atoms with E-state index in [1.807, 2.05) is 13.0 Å². The van der Waals surface area contributed by atoms with E-state index in [4.69, 9.17) is 4.74 Å². The second kappa shape index (κ2) is 8.39. The van der Waals surface area contributed by atoms with Gasteiger partial charge in [-0.15, -0.1) is 0 Å². The zero-order valence-corrected chi connectivity index (χ0v) is 20.0. The van der Waals surface area contributed by atoms with Gasteiger partial charge in [-0.1, -0.05) is 30.3 Å². The van der Waals surface area contributed by atoms with E-state index >= 15 is 0 Å². The predicted octanol–water partition coefficient (Wildman–Crippen LogP) is 3.74. The zero-order chi connectivity index (χ0) is 23.2. The summed E-state index contributed by atoms with van der Waals surface area (Å²) in [4.78, 5) is 36.2. The molecule has 3 unspecified atom stereocenters. The maximum Gasteiger partial charge on any atom is 0.254 e. The first kappa shape index (κ1) is 22.3. The van der Waals surface area contributed by atoms with Crippen molar-refractivity contribution in [1.82, 2.24) is 14.9 Å². The van der Waals surface area contributed by atoms with Crippen molar-refractivity contribution in [2.45, 2.75) is 89.8 Å². The van der Waals surface area contributed by atoms with E-state index in [2.05, 4.69) is 53.0 Å². The number of fused-ring (bicyclic) bond motifs is 3. The summed E-state index contributed by atoms with van der Waals surface area (Å²) >= 11 is 0. The smallest absolute Gasteiger partial charge is 0.254 e. The normalized spacial score (nSPS) is 28.3. The van der Waals surface area contributed by atoms with Gasteiger partial charge in [0.05, 0.1) is 11.3 Å². The second-order valence-corrected chi connectivity index (χ2v) is 11.0. The van der Waals surface area contributed by atoms with Crippen molar-refractivity contribution < 1.29 is 9.53 Å². The lowest BCUT2D eigenvalue weighted by Gasteiger charge is -2.46. The first-order chi connectivity index (χ1) is 15.7. The number of carbonyl (C=O) groups excluding carboxylic acids is 1. The fraction of sp³-hybridized carbons (Fsp3) is 0.593. The molecule has 1 N–H and O–H groups in total. The number of hydrogen-bond acceptors (Lipinski definition) is 4. The Morgan fingerprint density at radius 3 is 2.64 bits per heavy atom. The number of aromatic amines is 1. The summed E-state index contributed by atoms with van der Waals surface area (Å²) in [5, 5.41) is 0. The quantitative estimate of drug-likeness (QED) is 0.772. The van der Waals surface area contributed by atoms with Gasteiger partial charge in [-0.3, -0.25) is 9.59 Å². The lowest BCUT2D eigenvalue weighted by atomic mass is 9.68. The Morgan fingerprint density at radius 2 is 1.91 bits per heavy atom. The molecule has 0 radical (unpaired) electrons. The summed E-state index contributed by atoms with van der Waals surface area (Å²) in [6, 6.07) is 10.8. The molecule has 2 aromatic rings. The Bertz CT molecular complexity index is 1090. The van der Waals surface area contributed by atoms with Crippen LogP contribution in [-0.2, 0) is 28.8 Å². The van der Waals surface area contributed by atoms with Crippen LogP contribution in [0.2, 0.25) is 0 Å². The number of benzene rings is 1. The van der Waals surface area contributed by atoms with Crippen molar-refractivity contribution in [2.24, 2.45) is 5.41 Å². The van der Waals surface area contributed by atoms with Crippen molar-refractivity contribution in [3.63, 3.8) is 0 Å². The topological polar surface area (TPSA) is 75.3 Å². The summed E-state index contributed by atoms with van der Waals surface area (Å²) < 4.78 is 6.06. The van der Waals surface area contributed by atoms with Crippen LogP contribution in [0.5, 0.6) is 0 Å². The van der Waals surface area contributed by atoms with Crippen LogP contribution in [0.15, 0.2) is 35.1 Å². The van der Waals surface area contributed by atoms with Crippen LogP contribution in [0.4, 0.5) is 0 Å². The van der Waals surface area contributed by atoms with Gasteiger partial charge in [-0.25, -0.2) is 4.98 Å². The number of aromatic nitrogens is 2. The number of H-pyrrole nitrogens is 1. The average Bonchev–Trinajstić information content (AvgIpc) is 3.03. The summed E-state index contributed by atoms with van der Waals surface area (Å²) in [6.45, 7) is 6.80. The molecule has 5 rings (SSSR count). The summed E-state index contributed by atoms with van der Waals surface area (Å²) in [5.74, 6) is 0.887. The van der Waals surface area contributed by atoms with Crippen LogP contribution in [0.1, 0.15) is 68.6 Å². The third-order valence-corrected chi connectivity index (χ3v) is 7.87. The molecule has 3 aliphatic heterocycles. The molecule has 2 saturated heterocycles. The predicted molar refractivity (Wildman–Crippen MR) is 127 cm³/mol. The van der Waals surface area contributed by atoms with E-state index < -0.39 is 0 Å². The number of ether oxygens (including phenoxy) is 1. The van der Waals surface area contributed by atoms with Crippen molar-refractivity contribution in [3.8, 4) is 0 Å². The molecule has 3 aliphatic rings. The van der Waals surface area contributed by atoms with Crippen LogP contribution >= 0.6 is 0 Å². The molecule has 0 spiro atoms. The Hall–Kier alpha value is -2.47. The molecule has 4 heterocycles. The molecular formula is C27H35N3O3. The maximum absolute atomic E-state index is 14.0. The first-order valence-corrected chi connectivity index (χ1v) is 12.3. The number of aryl methyl sites for hydroxylation is 1. The lowest BCUT2D eigenvalue weighted by molar-refractivity contribution is -0.144. The minimum absolute atomic E-state index is 0.0378. The van der Waals surface area contributed by atoms with E-state index in [0.717, 1.165) is 43.4 Å². The van der Waals surface area contributed by atoms with E-state index in [1.165, 1.54) is 5.56 Å². The van der Waals surface area contributed by atoms with Crippen molar-refractivity contribution in [2.75, 3.05) is 6.61 Å². The minimum atomic E-state index is -0.240. The highest BCUT2D eigenvalue weighted by molar-refractivity contribution is 5.78. The number of hydrogen-bond donors (Lipinski definition) is 1. The molecule has 2 fully saturated rings. The van der Waals surface area contributed by atoms with Gasteiger partial charge < -0.3 is 14.6 Å². The van der Waals surface area contributed by atoms with E-state index in [-0.39, 0.29) is 34.6 Å². The average molecular weight is 450 g/mol. The van der Waals surface area contributed by atoms with Gasteiger partial charge in [-0.2, -0.15) is 0 Å². The fourth-order valence-corrected chi connectivity index (χ4v) is 6.67. The van der Waals surface area contributed by atoms with Gasteiger partial charge in [0.1, 0.15) is 5.82 Å². The molecule has 2 bridgehead atoms. The molecule has 176 valence electrons. The highest BCUT2D eigenvalue weighted by atomic mass is 16.5. The maximum atomic E-state index is 14.0. The van der Waals surface area contributed by atoms with Crippen LogP contribution in [-0.4, -0.2) is 45.1 Å². The fourth-order valence-electron chi connectivity index (χ4n) is 6.67. The van der Waals surface area contributed by atoms with Crippen LogP contribution in [0, 0.1) is 12.3 Å². The molecule has 1 aromatic carbocycles. The van der Waals surface area contributed by atoms with Crippen LogP contribution in [0.25, 0.3) is 0 Å². The van der Waals surface area contributed by atoms with Gasteiger partial charge in [-0.05, 0) is 63.9 Å². The summed E-state index contributed by atoms with van der Waals surface area (Å²) in [7, 11) is 0. The molecular weight excluding hydrogens is 414 g/mol. The zero-order valence-electron chi connectivity index (χ0n) is 20.0. The van der Waals surface area contributed by atoms with Gasteiger partial charge in [0, 0.05) is 43.5 Å². The summed E-state index contributed by atoms with van der Waals surface area (Å²) in [5.41, 5.74) is 2.54. The van der Waals surface area contributed by atoms with Crippen molar-refractivity contribution in [1.29, 1.82) is 0 Å². The Morgan fingerprint density at radius 1 is 1.18 bits per heavy atom. The van der Waals surface area contributed by atoms with E-state index in [9.17, 15) is 9.59 Å². The van der Waals surface area contributed by atoms with Crippen LogP contribution in [0.3, 0.4) is 0 Å². The molecule has 3 atom stereocenters. The SMILES string of the molecule is Cc1nc2c(c(=O)[nH]1)CC1CCC(C2)N1C(=O)CC1(Cc2ccccc2)CCOC(C)(C)C1. The lowest BCUT2D eigenvalue weighted by Crippen LogP contribution is -2.48. The van der Waals surface area contributed by atoms with E-state index in [1.54, 1.807) is 0 Å². The van der Waals surface area contributed by atoms with Gasteiger partial charge >= 0.3 is 0 Å². The van der Waals surface area contributed by atoms with Gasteiger partial charge in [0.15, 0.2) is 0 Å². The molecule has 6 heteroatoms. The van der Waals surface area contributed by atoms with Crippen molar-refractivity contribution >= 4 is 5.91 Å². The third kappa shape index (κ3) is 4.50. The molecule has 6 nitrogen and oxygen atoms in total. The van der Waals surface area contributed by atoms with E-state index in [0.29, 0.717) is 31.7 Å². The number of nitrogens with zero attached hydrogens (tertiary/aromatic N) is 2. The Kier molecular flexibility index (Phi) is 5.68. The molecule has 33 heavy (non-hydrogen) atoms. The number of carbonyl (C=O) groups is 1. The van der Waals surface area contributed by atoms with Gasteiger partial charge in [0.25, 0.3) is 5.56 Å². The standard InChI is InChI=1S/C27H35N3O3/c1-18-28-23-14-21-10-9-20(13-22(23)25(32)29-18)30(21)24(31)16-27(11-12-33-26(2,3)17-27)15-19-7-5-4-6-8-19/h4-8,20-21H,9-17H2,1-3H3,(H,28,29,32). The largest absolute Gasteiger partial charge is 0.376 e. The van der Waals surface area contributed by atoms with Gasteiger partial charge in [0.2, 0.25) is 5.91 Å². The minimum Gasteiger partial charge on any atom is -0.376 e. The van der Waals surface area contributed by atoms with Crippen LogP contribution < -0.4 is 5.56 Å². The highest BCUT2D eigenvalue weighted by Crippen LogP contribution is 2.45. The number of rotatable bonds is 4. The number of amides is 1. The molecule has 1 aromatic heterocycles.